The second-order valence-electron chi connectivity index (χ2n) is 7.79. The lowest BCUT2D eigenvalue weighted by molar-refractivity contribution is -0.120. The SMILES string of the molecule is C#Cc1cnc(C(=O)Nc2ccc(C(C)(C)NC(C)=O)cc2C2=CCCCC2)[nH]1. The van der Waals surface area contributed by atoms with Crippen LogP contribution < -0.4 is 10.6 Å². The fraction of sp³-hybridized carbons (Fsp3) is 0.348. The Labute approximate surface area is 171 Å². The maximum absolute atomic E-state index is 12.7. The van der Waals surface area contributed by atoms with Gasteiger partial charge in [0.05, 0.1) is 11.7 Å². The number of anilines is 1. The molecule has 0 atom stereocenters. The summed E-state index contributed by atoms with van der Waals surface area (Å²) in [5, 5.41) is 5.93. The van der Waals surface area contributed by atoms with Crippen molar-refractivity contribution in [2.45, 2.75) is 52.0 Å². The van der Waals surface area contributed by atoms with Crippen LogP contribution in [-0.4, -0.2) is 21.8 Å². The average molecular weight is 390 g/mol. The number of nitrogens with zero attached hydrogens (tertiary/aromatic N) is 1. The number of carbonyl (C=O) groups excluding carboxylic acids is 2. The van der Waals surface area contributed by atoms with Gasteiger partial charge >= 0.3 is 0 Å². The van der Waals surface area contributed by atoms with E-state index in [9.17, 15) is 9.59 Å². The summed E-state index contributed by atoms with van der Waals surface area (Å²) in [6.07, 6.45) is 13.3. The Balaban J connectivity index is 1.97. The van der Waals surface area contributed by atoms with Crippen molar-refractivity contribution in [3.8, 4) is 12.3 Å². The van der Waals surface area contributed by atoms with Crippen molar-refractivity contribution in [3.05, 3.63) is 53.1 Å². The molecule has 0 radical (unpaired) electrons. The van der Waals surface area contributed by atoms with Gasteiger partial charge in [0.2, 0.25) is 5.91 Å². The highest BCUT2D eigenvalue weighted by molar-refractivity contribution is 6.03. The maximum atomic E-state index is 12.7. The summed E-state index contributed by atoms with van der Waals surface area (Å²) < 4.78 is 0. The minimum atomic E-state index is -0.527. The Kier molecular flexibility index (Phi) is 5.88. The molecule has 0 fully saturated rings. The molecule has 1 aromatic heterocycles. The fourth-order valence-corrected chi connectivity index (χ4v) is 3.59. The van der Waals surface area contributed by atoms with E-state index in [-0.39, 0.29) is 17.6 Å². The second-order valence-corrected chi connectivity index (χ2v) is 7.79. The third-order valence-corrected chi connectivity index (χ3v) is 5.06. The molecule has 3 rings (SSSR count). The fourth-order valence-electron chi connectivity index (χ4n) is 3.59. The molecule has 6 heteroatoms. The van der Waals surface area contributed by atoms with Gasteiger partial charge in [-0.3, -0.25) is 9.59 Å². The van der Waals surface area contributed by atoms with Crippen molar-refractivity contribution in [2.75, 3.05) is 5.32 Å². The van der Waals surface area contributed by atoms with Crippen LogP contribution in [0, 0.1) is 12.3 Å². The molecule has 6 nitrogen and oxygen atoms in total. The smallest absolute Gasteiger partial charge is 0.291 e. The number of aromatic amines is 1. The highest BCUT2D eigenvalue weighted by Crippen LogP contribution is 2.35. The van der Waals surface area contributed by atoms with Gasteiger partial charge in [-0.1, -0.05) is 18.1 Å². The van der Waals surface area contributed by atoms with E-state index in [4.69, 9.17) is 6.42 Å². The largest absolute Gasteiger partial charge is 0.347 e. The van der Waals surface area contributed by atoms with Crippen molar-refractivity contribution < 1.29 is 9.59 Å². The molecular formula is C23H26N4O2. The number of carbonyl (C=O) groups is 2. The Morgan fingerprint density at radius 1 is 1.28 bits per heavy atom. The number of nitrogens with one attached hydrogen (secondary N) is 3. The van der Waals surface area contributed by atoms with E-state index >= 15 is 0 Å². The molecular weight excluding hydrogens is 364 g/mol. The summed E-state index contributed by atoms with van der Waals surface area (Å²) in [6.45, 7) is 5.44. The molecule has 0 bridgehead atoms. The van der Waals surface area contributed by atoms with E-state index in [2.05, 4.69) is 38.7 Å². The quantitative estimate of drug-likeness (QED) is 0.675. The van der Waals surface area contributed by atoms with Crippen LogP contribution in [0.5, 0.6) is 0 Å². The molecule has 1 aliphatic carbocycles. The number of rotatable bonds is 5. The normalized spacial score (nSPS) is 13.9. The van der Waals surface area contributed by atoms with Gasteiger partial charge in [-0.15, -0.1) is 6.42 Å². The van der Waals surface area contributed by atoms with Gasteiger partial charge in [0, 0.05) is 18.2 Å². The first-order valence-electron chi connectivity index (χ1n) is 9.76. The molecule has 0 aliphatic heterocycles. The van der Waals surface area contributed by atoms with Crippen LogP contribution in [0.2, 0.25) is 0 Å². The predicted octanol–water partition coefficient (Wildman–Crippen LogP) is 3.97. The molecule has 0 unspecified atom stereocenters. The van der Waals surface area contributed by atoms with E-state index in [0.29, 0.717) is 11.4 Å². The topological polar surface area (TPSA) is 86.9 Å². The standard InChI is InChI=1S/C23H26N4O2/c1-5-18-14-24-21(25-18)22(29)26-20-12-11-17(23(3,4)27-15(2)28)13-19(20)16-9-7-6-8-10-16/h1,9,11-14H,6-8,10H2,2-4H3,(H,24,25)(H,26,29)(H,27,28). The molecule has 1 aromatic carbocycles. The van der Waals surface area contributed by atoms with Crippen LogP contribution in [0.15, 0.2) is 30.5 Å². The molecule has 0 saturated carbocycles. The van der Waals surface area contributed by atoms with Crippen molar-refractivity contribution in [2.24, 2.45) is 0 Å². The van der Waals surface area contributed by atoms with E-state index in [1.165, 1.54) is 25.1 Å². The highest BCUT2D eigenvalue weighted by Gasteiger charge is 2.24. The van der Waals surface area contributed by atoms with Crippen LogP contribution in [0.3, 0.4) is 0 Å². The molecule has 29 heavy (non-hydrogen) atoms. The summed E-state index contributed by atoms with van der Waals surface area (Å²) >= 11 is 0. The first-order chi connectivity index (χ1) is 13.8. The number of allylic oxidation sites excluding steroid dienone is 2. The first kappa shape index (κ1) is 20.4. The second kappa shape index (κ2) is 8.36. The van der Waals surface area contributed by atoms with Crippen molar-refractivity contribution in [1.82, 2.24) is 15.3 Å². The summed E-state index contributed by atoms with van der Waals surface area (Å²) in [4.78, 5) is 31.1. The van der Waals surface area contributed by atoms with Gasteiger partial charge in [0.25, 0.3) is 5.91 Å². The maximum Gasteiger partial charge on any atom is 0.291 e. The number of aromatic nitrogens is 2. The average Bonchev–Trinajstić information content (AvgIpc) is 3.17. The van der Waals surface area contributed by atoms with Crippen LogP contribution in [0.25, 0.3) is 5.57 Å². The predicted molar refractivity (Wildman–Crippen MR) is 114 cm³/mol. The van der Waals surface area contributed by atoms with Crippen molar-refractivity contribution >= 4 is 23.1 Å². The number of imidazole rings is 1. The summed E-state index contributed by atoms with van der Waals surface area (Å²) in [7, 11) is 0. The summed E-state index contributed by atoms with van der Waals surface area (Å²) in [5.41, 5.74) is 3.79. The van der Waals surface area contributed by atoms with Gasteiger partial charge in [-0.05, 0) is 62.8 Å². The van der Waals surface area contributed by atoms with Gasteiger partial charge in [0.1, 0.15) is 5.69 Å². The Hall–Kier alpha value is -3.33. The lowest BCUT2D eigenvalue weighted by atomic mass is 9.87. The number of terminal acetylenes is 1. The highest BCUT2D eigenvalue weighted by atomic mass is 16.2. The minimum Gasteiger partial charge on any atom is -0.347 e. The van der Waals surface area contributed by atoms with Crippen LogP contribution in [-0.2, 0) is 10.3 Å². The summed E-state index contributed by atoms with van der Waals surface area (Å²) in [6, 6.07) is 5.86. The third-order valence-electron chi connectivity index (χ3n) is 5.06. The monoisotopic (exact) mass is 390 g/mol. The van der Waals surface area contributed by atoms with Gasteiger partial charge < -0.3 is 15.6 Å². The number of amides is 2. The molecule has 0 spiro atoms. The van der Waals surface area contributed by atoms with E-state index in [0.717, 1.165) is 30.4 Å². The number of benzene rings is 1. The van der Waals surface area contributed by atoms with E-state index < -0.39 is 5.54 Å². The van der Waals surface area contributed by atoms with Gasteiger partial charge in [0.15, 0.2) is 5.82 Å². The van der Waals surface area contributed by atoms with Crippen LogP contribution >= 0.6 is 0 Å². The zero-order valence-corrected chi connectivity index (χ0v) is 17.1. The van der Waals surface area contributed by atoms with Gasteiger partial charge in [-0.25, -0.2) is 4.98 Å². The lowest BCUT2D eigenvalue weighted by Gasteiger charge is -2.28. The zero-order valence-electron chi connectivity index (χ0n) is 17.1. The van der Waals surface area contributed by atoms with Crippen LogP contribution in [0.4, 0.5) is 5.69 Å². The van der Waals surface area contributed by atoms with E-state index in [1.54, 1.807) is 0 Å². The molecule has 3 N–H and O–H groups in total. The lowest BCUT2D eigenvalue weighted by Crippen LogP contribution is -2.39. The van der Waals surface area contributed by atoms with Crippen molar-refractivity contribution in [1.29, 1.82) is 0 Å². The molecule has 1 aliphatic rings. The third kappa shape index (κ3) is 4.75. The Morgan fingerprint density at radius 3 is 2.69 bits per heavy atom. The Morgan fingerprint density at radius 2 is 2.07 bits per heavy atom. The number of H-pyrrole nitrogens is 1. The molecule has 2 aromatic rings. The minimum absolute atomic E-state index is 0.0899. The molecule has 0 saturated heterocycles. The van der Waals surface area contributed by atoms with Crippen molar-refractivity contribution in [3.63, 3.8) is 0 Å². The summed E-state index contributed by atoms with van der Waals surface area (Å²) in [5.74, 6) is 2.16. The van der Waals surface area contributed by atoms with Crippen LogP contribution in [0.1, 0.15) is 73.9 Å². The molecule has 1 heterocycles. The van der Waals surface area contributed by atoms with E-state index in [1.807, 2.05) is 26.0 Å². The Bertz CT molecular complexity index is 1010. The van der Waals surface area contributed by atoms with Gasteiger partial charge in [-0.2, -0.15) is 0 Å². The zero-order chi connectivity index (χ0) is 21.0. The number of hydrogen-bond acceptors (Lipinski definition) is 3. The molecule has 2 amide bonds. The molecule has 150 valence electrons. The number of hydrogen-bond donors (Lipinski definition) is 3. The first-order valence-corrected chi connectivity index (χ1v) is 9.76.